The van der Waals surface area contributed by atoms with Gasteiger partial charge in [-0.1, -0.05) is 23.8 Å². The zero-order valence-electron chi connectivity index (χ0n) is 21.3. The molecule has 0 unspecified atom stereocenters. The van der Waals surface area contributed by atoms with Crippen LogP contribution in [0.5, 0.6) is 0 Å². The van der Waals surface area contributed by atoms with Crippen LogP contribution in [0.2, 0.25) is 0 Å². The molecule has 2 aromatic rings. The summed E-state index contributed by atoms with van der Waals surface area (Å²) in [5.74, 6) is 0.104. The standard InChI is InChI=1S/C25H36N6O5S/c1-26-37(34,35)22-7-4-20(5-8-22)6-9-23(32)30-15-11-25(12-16-30)10-2-3-14-31-18-21(28-29-31)19-36-17-13-27-24(25)33/h4-5,7-8,18,26H,2-3,6,9-17,19H2,1H3,(H,27,33). The molecule has 2 amide bonds. The van der Waals surface area contributed by atoms with Crippen molar-refractivity contribution in [2.75, 3.05) is 33.3 Å². The number of carbonyl (C=O) groups is 2. The molecule has 0 atom stereocenters. The van der Waals surface area contributed by atoms with Gasteiger partial charge < -0.3 is 15.0 Å². The summed E-state index contributed by atoms with van der Waals surface area (Å²) in [7, 11) is -2.10. The Balaban J connectivity index is 1.30. The normalized spacial score (nSPS) is 19.3. The van der Waals surface area contributed by atoms with Gasteiger partial charge in [-0.2, -0.15) is 0 Å². The predicted octanol–water partition coefficient (Wildman–Crippen LogP) is 1.24. The highest BCUT2D eigenvalue weighted by atomic mass is 32.2. The third-order valence-corrected chi connectivity index (χ3v) is 8.78. The monoisotopic (exact) mass is 532 g/mol. The van der Waals surface area contributed by atoms with E-state index in [9.17, 15) is 18.0 Å². The summed E-state index contributed by atoms with van der Waals surface area (Å²) in [6.07, 6.45) is 6.61. The lowest BCUT2D eigenvalue weighted by Crippen LogP contribution is -2.50. The fourth-order valence-corrected chi connectivity index (χ4v) is 5.72. The molecule has 3 heterocycles. The fraction of sp³-hybridized carbons (Fsp3) is 0.600. The Morgan fingerprint density at radius 2 is 1.89 bits per heavy atom. The fourth-order valence-electron chi connectivity index (χ4n) is 4.99. The van der Waals surface area contributed by atoms with Gasteiger partial charge in [0.05, 0.1) is 29.7 Å². The minimum Gasteiger partial charge on any atom is -0.373 e. The number of amides is 2. The van der Waals surface area contributed by atoms with E-state index < -0.39 is 15.4 Å². The molecule has 2 aliphatic rings. The second kappa shape index (κ2) is 12.1. The highest BCUT2D eigenvalue weighted by molar-refractivity contribution is 7.89. The van der Waals surface area contributed by atoms with Crippen LogP contribution >= 0.6 is 0 Å². The van der Waals surface area contributed by atoms with Gasteiger partial charge in [0.1, 0.15) is 5.69 Å². The number of ether oxygens (including phenoxy) is 1. The maximum atomic E-state index is 13.2. The SMILES string of the molecule is CNS(=O)(=O)c1ccc(CCC(=O)N2CCC3(CCCCn4cc(nn4)COCCNC3=O)CC2)cc1. The van der Waals surface area contributed by atoms with Crippen LogP contribution in [0.25, 0.3) is 0 Å². The molecular formula is C25H36N6O5S. The number of sulfonamides is 1. The molecule has 1 spiro atoms. The number of aromatic nitrogens is 3. The van der Waals surface area contributed by atoms with Crippen molar-refractivity contribution in [3.8, 4) is 0 Å². The van der Waals surface area contributed by atoms with E-state index in [2.05, 4.69) is 20.4 Å². The molecule has 0 aliphatic carbocycles. The summed E-state index contributed by atoms with van der Waals surface area (Å²) >= 11 is 0. The van der Waals surface area contributed by atoms with Crippen LogP contribution in [0.3, 0.4) is 0 Å². The first-order chi connectivity index (χ1) is 17.8. The van der Waals surface area contributed by atoms with Gasteiger partial charge in [-0.3, -0.25) is 14.3 Å². The van der Waals surface area contributed by atoms with E-state index >= 15 is 0 Å². The number of piperidine rings is 1. The van der Waals surface area contributed by atoms with E-state index in [0.717, 1.165) is 37.1 Å². The van der Waals surface area contributed by atoms with Crippen molar-refractivity contribution in [2.24, 2.45) is 5.41 Å². The van der Waals surface area contributed by atoms with Crippen molar-refractivity contribution in [1.82, 2.24) is 29.9 Å². The minimum absolute atomic E-state index is 0.0498. The number of carbonyl (C=O) groups excluding carboxylic acids is 2. The lowest BCUT2D eigenvalue weighted by Gasteiger charge is -2.41. The highest BCUT2D eigenvalue weighted by Gasteiger charge is 2.41. The molecule has 2 N–H and O–H groups in total. The van der Waals surface area contributed by atoms with Gasteiger partial charge in [0.15, 0.2) is 0 Å². The third-order valence-electron chi connectivity index (χ3n) is 7.35. The first kappa shape index (κ1) is 27.2. The van der Waals surface area contributed by atoms with E-state index in [1.54, 1.807) is 24.3 Å². The average molecular weight is 533 g/mol. The van der Waals surface area contributed by atoms with Crippen molar-refractivity contribution < 1.29 is 22.7 Å². The van der Waals surface area contributed by atoms with Gasteiger partial charge in [0, 0.05) is 32.6 Å². The average Bonchev–Trinajstić information content (AvgIpc) is 3.37. The topological polar surface area (TPSA) is 136 Å². The van der Waals surface area contributed by atoms with Gasteiger partial charge in [-0.15, -0.1) is 5.10 Å². The summed E-state index contributed by atoms with van der Waals surface area (Å²) in [6.45, 7) is 3.06. The number of nitrogens with one attached hydrogen (secondary N) is 2. The molecule has 37 heavy (non-hydrogen) atoms. The largest absolute Gasteiger partial charge is 0.373 e. The first-order valence-corrected chi connectivity index (χ1v) is 14.3. The minimum atomic E-state index is -3.48. The van der Waals surface area contributed by atoms with Crippen LogP contribution in [0, 0.1) is 5.41 Å². The van der Waals surface area contributed by atoms with Crippen LogP contribution in [-0.2, 0) is 43.9 Å². The molecular weight excluding hydrogens is 496 g/mol. The van der Waals surface area contributed by atoms with Gasteiger partial charge in [0.25, 0.3) is 0 Å². The maximum Gasteiger partial charge on any atom is 0.240 e. The molecule has 0 radical (unpaired) electrons. The van der Waals surface area contributed by atoms with E-state index in [-0.39, 0.29) is 16.7 Å². The number of hydrogen-bond acceptors (Lipinski definition) is 7. The number of nitrogens with zero attached hydrogens (tertiary/aromatic N) is 4. The van der Waals surface area contributed by atoms with Crippen molar-refractivity contribution in [3.63, 3.8) is 0 Å². The lowest BCUT2D eigenvalue weighted by atomic mass is 9.73. The van der Waals surface area contributed by atoms with Crippen molar-refractivity contribution in [3.05, 3.63) is 41.7 Å². The smallest absolute Gasteiger partial charge is 0.240 e. The van der Waals surface area contributed by atoms with Crippen molar-refractivity contribution in [2.45, 2.75) is 63.0 Å². The molecule has 1 aromatic heterocycles. The number of likely N-dealkylation sites (tertiary alicyclic amines) is 1. The van der Waals surface area contributed by atoms with Gasteiger partial charge in [-0.25, -0.2) is 13.1 Å². The van der Waals surface area contributed by atoms with Crippen LogP contribution in [0.1, 0.15) is 49.8 Å². The summed E-state index contributed by atoms with van der Waals surface area (Å²) in [5.41, 5.74) is 1.21. The molecule has 1 aromatic carbocycles. The summed E-state index contributed by atoms with van der Waals surface area (Å²) < 4.78 is 33.5. The van der Waals surface area contributed by atoms with Crippen LogP contribution in [0.15, 0.2) is 35.4 Å². The number of fused-ring (bicyclic) bond motifs is 2. The maximum absolute atomic E-state index is 13.2. The first-order valence-electron chi connectivity index (χ1n) is 12.9. The Hall–Kier alpha value is -2.83. The van der Waals surface area contributed by atoms with Crippen molar-refractivity contribution in [1.29, 1.82) is 0 Å². The molecule has 12 heteroatoms. The molecule has 2 aliphatic heterocycles. The van der Waals surface area contributed by atoms with Gasteiger partial charge >= 0.3 is 0 Å². The van der Waals surface area contributed by atoms with E-state index in [4.69, 9.17) is 4.74 Å². The Morgan fingerprint density at radius 1 is 1.14 bits per heavy atom. The molecule has 2 bridgehead atoms. The zero-order valence-corrected chi connectivity index (χ0v) is 22.1. The van der Waals surface area contributed by atoms with Gasteiger partial charge in [0.2, 0.25) is 21.8 Å². The van der Waals surface area contributed by atoms with Gasteiger partial charge in [-0.05, 0) is 56.8 Å². The van der Waals surface area contributed by atoms with E-state index in [1.165, 1.54) is 7.05 Å². The number of aryl methyl sites for hydroxylation is 2. The van der Waals surface area contributed by atoms with Crippen molar-refractivity contribution >= 4 is 21.8 Å². The second-order valence-electron chi connectivity index (χ2n) is 9.75. The molecule has 1 fully saturated rings. The van der Waals surface area contributed by atoms with Crippen LogP contribution in [0.4, 0.5) is 0 Å². The zero-order chi connectivity index (χ0) is 26.3. The van der Waals surface area contributed by atoms with E-state index in [1.807, 2.05) is 15.8 Å². The number of rotatable bonds is 5. The summed E-state index contributed by atoms with van der Waals surface area (Å²) in [4.78, 5) is 28.2. The molecule has 4 rings (SSSR count). The predicted molar refractivity (Wildman–Crippen MR) is 136 cm³/mol. The molecule has 0 saturated carbocycles. The number of benzene rings is 1. The Morgan fingerprint density at radius 3 is 2.62 bits per heavy atom. The van der Waals surface area contributed by atoms with Crippen LogP contribution in [-0.4, -0.2) is 73.4 Å². The second-order valence-corrected chi connectivity index (χ2v) is 11.6. The Kier molecular flexibility index (Phi) is 8.93. The summed E-state index contributed by atoms with van der Waals surface area (Å²) in [6, 6.07) is 6.59. The Labute approximate surface area is 218 Å². The summed E-state index contributed by atoms with van der Waals surface area (Å²) in [5, 5.41) is 11.3. The number of hydrogen-bond donors (Lipinski definition) is 2. The van der Waals surface area contributed by atoms with Crippen LogP contribution < -0.4 is 10.0 Å². The quantitative estimate of drug-likeness (QED) is 0.592. The molecule has 11 nitrogen and oxygen atoms in total. The molecule has 1 saturated heterocycles. The third kappa shape index (κ3) is 6.93. The molecule has 202 valence electrons. The highest BCUT2D eigenvalue weighted by Crippen LogP contribution is 2.37. The van der Waals surface area contributed by atoms with E-state index in [0.29, 0.717) is 58.5 Å². The Bertz CT molecular complexity index is 1170. The lowest BCUT2D eigenvalue weighted by molar-refractivity contribution is -0.141.